The van der Waals surface area contributed by atoms with Gasteiger partial charge in [0.15, 0.2) is 0 Å². The number of pyridine rings is 1. The fraction of sp³-hybridized carbons (Fsp3) is 0.621. The Morgan fingerprint density at radius 3 is 2.56 bits per heavy atom. The number of fused-ring (bicyclic) bond motifs is 1. The Balaban J connectivity index is 1.44. The molecule has 1 aromatic carbocycles. The molecule has 0 spiro atoms. The zero-order valence-electron chi connectivity index (χ0n) is 21.1. The normalized spacial score (nSPS) is 30.6. The molecule has 1 aromatic heterocycles. The number of aromatic nitrogens is 1. The van der Waals surface area contributed by atoms with Gasteiger partial charge in [0, 0.05) is 48.9 Å². The van der Waals surface area contributed by atoms with Crippen molar-refractivity contribution < 1.29 is 10.2 Å². The minimum Gasteiger partial charge on any atom is -0.508 e. The van der Waals surface area contributed by atoms with Crippen LogP contribution in [0.25, 0.3) is 0 Å². The molecule has 3 aliphatic rings. The van der Waals surface area contributed by atoms with Crippen LogP contribution in [-0.4, -0.2) is 69.4 Å². The quantitative estimate of drug-likeness (QED) is 0.672. The van der Waals surface area contributed by atoms with Gasteiger partial charge in [-0.3, -0.25) is 9.88 Å². The summed E-state index contributed by atoms with van der Waals surface area (Å²) in [4.78, 5) is 9.78. The average Bonchev–Trinajstić information content (AvgIpc) is 3.65. The van der Waals surface area contributed by atoms with Crippen molar-refractivity contribution in [2.24, 2.45) is 5.92 Å². The van der Waals surface area contributed by atoms with Crippen LogP contribution >= 0.6 is 0 Å². The monoisotopic (exact) mass is 463 g/mol. The Kier molecular flexibility index (Phi) is 6.47. The number of phenolic OH excluding ortho intramolecular Hbond substituents is 1. The number of aliphatic hydroxyl groups is 1. The minimum atomic E-state index is -0.824. The molecular weight excluding hydrogens is 422 g/mol. The van der Waals surface area contributed by atoms with E-state index in [1.165, 1.54) is 18.4 Å². The van der Waals surface area contributed by atoms with Gasteiger partial charge >= 0.3 is 0 Å². The molecule has 3 heterocycles. The van der Waals surface area contributed by atoms with E-state index >= 15 is 0 Å². The van der Waals surface area contributed by atoms with Gasteiger partial charge in [-0.25, -0.2) is 0 Å². The number of nitrogens with zero attached hydrogens (tertiary/aromatic N) is 3. The first-order valence-corrected chi connectivity index (χ1v) is 13.2. The zero-order valence-corrected chi connectivity index (χ0v) is 21.1. The average molecular weight is 464 g/mol. The highest BCUT2D eigenvalue weighted by atomic mass is 16.3. The molecule has 2 aliphatic heterocycles. The van der Waals surface area contributed by atoms with Gasteiger partial charge < -0.3 is 15.1 Å². The summed E-state index contributed by atoms with van der Waals surface area (Å²) in [6.07, 6.45) is 6.21. The lowest BCUT2D eigenvalue weighted by Crippen LogP contribution is -2.68. The second-order valence-corrected chi connectivity index (χ2v) is 11.2. The van der Waals surface area contributed by atoms with Crippen molar-refractivity contribution in [2.45, 2.75) is 76.4 Å². The van der Waals surface area contributed by atoms with Crippen molar-refractivity contribution in [3.8, 4) is 5.75 Å². The fourth-order valence-corrected chi connectivity index (χ4v) is 6.77. The molecule has 1 saturated carbocycles. The molecule has 0 radical (unpaired) electrons. The van der Waals surface area contributed by atoms with Crippen LogP contribution in [0.5, 0.6) is 5.75 Å². The molecule has 184 valence electrons. The predicted molar refractivity (Wildman–Crippen MR) is 136 cm³/mol. The lowest BCUT2D eigenvalue weighted by Gasteiger charge is -2.58. The van der Waals surface area contributed by atoms with E-state index in [1.54, 1.807) is 6.07 Å². The van der Waals surface area contributed by atoms with E-state index in [1.807, 2.05) is 25.1 Å². The predicted octanol–water partition coefficient (Wildman–Crippen LogP) is 4.22. The first-order chi connectivity index (χ1) is 16.3. The molecule has 34 heavy (non-hydrogen) atoms. The largest absolute Gasteiger partial charge is 0.508 e. The molecule has 2 saturated heterocycles. The van der Waals surface area contributed by atoms with E-state index < -0.39 is 5.60 Å². The Morgan fingerprint density at radius 2 is 1.79 bits per heavy atom. The van der Waals surface area contributed by atoms with Crippen LogP contribution in [0, 0.1) is 19.8 Å². The van der Waals surface area contributed by atoms with E-state index in [2.05, 4.69) is 35.8 Å². The standard InChI is InChI=1S/C29H41N3O2/c1-21-7-10-26(33)19-27(21)28-12-16-31(15-11-25-6-4-5-22(2)30-25)17-14-29(28,34)23(3)32(18-13-28)20-24-8-9-24/h4-7,10,19,23-24,33-34H,8-9,11-18,20H2,1-3H3. The van der Waals surface area contributed by atoms with E-state index in [-0.39, 0.29) is 11.5 Å². The second-order valence-electron chi connectivity index (χ2n) is 11.2. The maximum absolute atomic E-state index is 12.6. The highest BCUT2D eigenvalue weighted by Crippen LogP contribution is 2.53. The number of aromatic hydroxyl groups is 1. The van der Waals surface area contributed by atoms with Crippen molar-refractivity contribution in [3.05, 3.63) is 58.9 Å². The summed E-state index contributed by atoms with van der Waals surface area (Å²) in [6, 6.07) is 12.1. The number of aryl methyl sites for hydroxylation is 2. The van der Waals surface area contributed by atoms with Crippen molar-refractivity contribution >= 4 is 0 Å². The van der Waals surface area contributed by atoms with Gasteiger partial charge in [0.25, 0.3) is 0 Å². The third kappa shape index (κ3) is 4.38. The SMILES string of the molecule is Cc1cccc(CCN2CCC3(c4cc(O)ccc4C)CCN(CC4CC4)C(C)C3(O)CC2)n1. The van der Waals surface area contributed by atoms with Crippen LogP contribution < -0.4 is 0 Å². The van der Waals surface area contributed by atoms with Crippen molar-refractivity contribution in [1.82, 2.24) is 14.8 Å². The Morgan fingerprint density at radius 1 is 1.03 bits per heavy atom. The molecule has 3 fully saturated rings. The number of likely N-dealkylation sites (tertiary alicyclic amines) is 2. The van der Waals surface area contributed by atoms with Gasteiger partial charge in [-0.1, -0.05) is 12.1 Å². The summed E-state index contributed by atoms with van der Waals surface area (Å²) in [5.41, 5.74) is 3.37. The summed E-state index contributed by atoms with van der Waals surface area (Å²) in [5, 5.41) is 23.1. The maximum Gasteiger partial charge on any atom is 0.115 e. The molecule has 0 amide bonds. The van der Waals surface area contributed by atoms with E-state index in [9.17, 15) is 10.2 Å². The summed E-state index contributed by atoms with van der Waals surface area (Å²) in [5.74, 6) is 1.11. The van der Waals surface area contributed by atoms with Crippen LogP contribution in [-0.2, 0) is 11.8 Å². The molecule has 5 rings (SSSR count). The summed E-state index contributed by atoms with van der Waals surface area (Å²) >= 11 is 0. The molecule has 1 aliphatic carbocycles. The Labute approximate surface area is 204 Å². The second kappa shape index (κ2) is 9.25. The first kappa shape index (κ1) is 23.8. The number of hydrogen-bond donors (Lipinski definition) is 2. The number of phenols is 1. The smallest absolute Gasteiger partial charge is 0.115 e. The third-order valence-corrected chi connectivity index (χ3v) is 9.11. The Bertz CT molecular complexity index is 1020. The van der Waals surface area contributed by atoms with Gasteiger partial charge in [0.05, 0.1) is 5.60 Å². The lowest BCUT2D eigenvalue weighted by atomic mass is 9.57. The molecule has 3 unspecified atom stereocenters. The number of piperidine rings is 1. The van der Waals surface area contributed by atoms with Gasteiger partial charge in [-0.2, -0.15) is 0 Å². The van der Waals surface area contributed by atoms with Crippen LogP contribution in [0.1, 0.15) is 61.5 Å². The highest BCUT2D eigenvalue weighted by Gasteiger charge is 2.59. The highest BCUT2D eigenvalue weighted by molar-refractivity contribution is 5.43. The molecule has 0 bridgehead atoms. The van der Waals surface area contributed by atoms with Gasteiger partial charge in [0.2, 0.25) is 0 Å². The summed E-state index contributed by atoms with van der Waals surface area (Å²) in [6.45, 7) is 11.4. The molecule has 5 heteroatoms. The summed E-state index contributed by atoms with van der Waals surface area (Å²) < 4.78 is 0. The molecule has 2 N–H and O–H groups in total. The number of rotatable bonds is 6. The van der Waals surface area contributed by atoms with Gasteiger partial charge in [-0.05, 0) is 107 Å². The molecule has 3 atom stereocenters. The van der Waals surface area contributed by atoms with Crippen LogP contribution in [0.15, 0.2) is 36.4 Å². The van der Waals surface area contributed by atoms with E-state index in [0.29, 0.717) is 5.75 Å². The topological polar surface area (TPSA) is 59.8 Å². The van der Waals surface area contributed by atoms with Crippen LogP contribution in [0.3, 0.4) is 0 Å². The number of benzene rings is 1. The maximum atomic E-state index is 12.6. The van der Waals surface area contributed by atoms with Crippen molar-refractivity contribution in [1.29, 1.82) is 0 Å². The van der Waals surface area contributed by atoms with Crippen molar-refractivity contribution in [3.63, 3.8) is 0 Å². The minimum absolute atomic E-state index is 0.0991. The fourth-order valence-electron chi connectivity index (χ4n) is 6.77. The van der Waals surface area contributed by atoms with Crippen LogP contribution in [0.4, 0.5) is 0 Å². The third-order valence-electron chi connectivity index (χ3n) is 9.11. The summed E-state index contributed by atoms with van der Waals surface area (Å²) in [7, 11) is 0. The van der Waals surface area contributed by atoms with Crippen LogP contribution in [0.2, 0.25) is 0 Å². The van der Waals surface area contributed by atoms with Crippen molar-refractivity contribution in [2.75, 3.05) is 32.7 Å². The zero-order chi connectivity index (χ0) is 23.9. The van der Waals surface area contributed by atoms with E-state index in [4.69, 9.17) is 4.98 Å². The lowest BCUT2D eigenvalue weighted by molar-refractivity contribution is -0.136. The molecular formula is C29H41N3O2. The Hall–Kier alpha value is -1.95. The van der Waals surface area contributed by atoms with E-state index in [0.717, 1.165) is 81.3 Å². The first-order valence-electron chi connectivity index (χ1n) is 13.2. The van der Waals surface area contributed by atoms with Gasteiger partial charge in [-0.15, -0.1) is 0 Å². The molecule has 2 aromatic rings. The molecule has 5 nitrogen and oxygen atoms in total. The number of hydrogen-bond acceptors (Lipinski definition) is 5. The van der Waals surface area contributed by atoms with Gasteiger partial charge in [0.1, 0.15) is 5.75 Å².